The number of benzene rings is 5. The molecule has 1 aliphatic carbocycles. The van der Waals surface area contributed by atoms with Gasteiger partial charge >= 0.3 is 0 Å². The zero-order chi connectivity index (χ0) is 21.2. The third-order valence-corrected chi connectivity index (χ3v) is 7.91. The highest BCUT2D eigenvalue weighted by Gasteiger charge is 2.37. The number of rotatable bonds is 0. The van der Waals surface area contributed by atoms with Gasteiger partial charge in [-0.3, -0.25) is 0 Å². The fourth-order valence-electron chi connectivity index (χ4n) is 6.53. The second kappa shape index (κ2) is 5.31. The van der Waals surface area contributed by atoms with Gasteiger partial charge in [-0.15, -0.1) is 0 Å². The maximum atomic E-state index is 2.51. The van der Waals surface area contributed by atoms with Crippen molar-refractivity contribution in [2.45, 2.75) is 19.3 Å². The Morgan fingerprint density at radius 1 is 0.562 bits per heavy atom. The van der Waals surface area contributed by atoms with Crippen LogP contribution in [0.3, 0.4) is 0 Å². The first-order valence-corrected chi connectivity index (χ1v) is 11.4. The second-order valence-corrected chi connectivity index (χ2v) is 9.77. The van der Waals surface area contributed by atoms with Gasteiger partial charge in [-0.2, -0.15) is 0 Å². The van der Waals surface area contributed by atoms with Crippen LogP contribution >= 0.6 is 0 Å². The smallest absolute Gasteiger partial charge is 0.0620 e. The Balaban J connectivity index is 1.67. The highest BCUT2D eigenvalue weighted by molar-refractivity contribution is 6.30. The molecule has 0 aliphatic heterocycles. The molecule has 1 aliphatic rings. The third kappa shape index (κ3) is 1.72. The van der Waals surface area contributed by atoms with E-state index in [1.54, 1.807) is 0 Å². The van der Waals surface area contributed by atoms with Crippen molar-refractivity contribution in [1.29, 1.82) is 0 Å². The fraction of sp³-hybridized carbons (Fsp3) is 0.0968. The van der Waals surface area contributed by atoms with Crippen LogP contribution in [0.2, 0.25) is 0 Å². The molecular formula is C31H21N. The molecule has 0 fully saturated rings. The quantitative estimate of drug-likeness (QED) is 0.238. The fourth-order valence-corrected chi connectivity index (χ4v) is 6.53. The second-order valence-electron chi connectivity index (χ2n) is 9.77. The zero-order valence-corrected chi connectivity index (χ0v) is 18.1. The minimum atomic E-state index is 0.0182. The molecule has 32 heavy (non-hydrogen) atoms. The molecule has 5 aromatic carbocycles. The first-order valence-electron chi connectivity index (χ1n) is 11.4. The standard InChI is InChI=1S/C31H21N/c1-31(2)23-13-6-5-10-20(23)28-24(31)15-17-26-29(28)22-12-7-11-21-27-19-9-4-3-8-18(19)14-16-25(27)32(26)30(21)22/h3-17H,1-2H3. The first-order chi connectivity index (χ1) is 15.7. The van der Waals surface area contributed by atoms with Gasteiger partial charge in [0.2, 0.25) is 0 Å². The van der Waals surface area contributed by atoms with Crippen molar-refractivity contribution in [3.05, 3.63) is 102 Å². The van der Waals surface area contributed by atoms with Gasteiger partial charge in [0.15, 0.2) is 0 Å². The minimum Gasteiger partial charge on any atom is -0.308 e. The topological polar surface area (TPSA) is 4.41 Å². The molecular weight excluding hydrogens is 386 g/mol. The van der Waals surface area contributed by atoms with Crippen molar-refractivity contribution in [2.75, 3.05) is 0 Å². The molecule has 8 rings (SSSR count). The number of para-hydroxylation sites is 1. The Labute approximate surface area is 185 Å². The van der Waals surface area contributed by atoms with E-state index < -0.39 is 0 Å². The van der Waals surface area contributed by atoms with Gasteiger partial charge in [0.1, 0.15) is 0 Å². The van der Waals surface area contributed by atoms with Crippen LogP contribution in [0.25, 0.3) is 60.0 Å². The van der Waals surface area contributed by atoms with Crippen LogP contribution in [-0.4, -0.2) is 4.40 Å². The van der Waals surface area contributed by atoms with Crippen molar-refractivity contribution in [3.8, 4) is 11.1 Å². The molecule has 2 heterocycles. The van der Waals surface area contributed by atoms with E-state index in [4.69, 9.17) is 0 Å². The summed E-state index contributed by atoms with van der Waals surface area (Å²) in [6, 6.07) is 33.9. The van der Waals surface area contributed by atoms with E-state index >= 15 is 0 Å². The summed E-state index contributed by atoms with van der Waals surface area (Å²) in [5.41, 5.74) is 9.67. The predicted octanol–water partition coefficient (Wildman–Crippen LogP) is 8.30. The first kappa shape index (κ1) is 16.8. The lowest BCUT2D eigenvalue weighted by atomic mass is 9.82. The highest BCUT2D eigenvalue weighted by atomic mass is 14.9. The van der Waals surface area contributed by atoms with Gasteiger partial charge in [0.05, 0.1) is 16.6 Å². The maximum absolute atomic E-state index is 2.51. The summed E-state index contributed by atoms with van der Waals surface area (Å²) in [4.78, 5) is 0. The van der Waals surface area contributed by atoms with Crippen LogP contribution in [0.5, 0.6) is 0 Å². The van der Waals surface area contributed by atoms with Crippen molar-refractivity contribution in [1.82, 2.24) is 4.40 Å². The molecule has 0 spiro atoms. The summed E-state index contributed by atoms with van der Waals surface area (Å²) in [5, 5.41) is 8.12. The summed E-state index contributed by atoms with van der Waals surface area (Å²) in [5.74, 6) is 0. The predicted molar refractivity (Wildman–Crippen MR) is 136 cm³/mol. The molecule has 0 unspecified atom stereocenters. The third-order valence-electron chi connectivity index (χ3n) is 7.91. The molecule has 2 aromatic heterocycles. The van der Waals surface area contributed by atoms with Crippen LogP contribution in [0.4, 0.5) is 0 Å². The van der Waals surface area contributed by atoms with E-state index in [-0.39, 0.29) is 5.41 Å². The largest absolute Gasteiger partial charge is 0.308 e. The average Bonchev–Trinajstić information content (AvgIpc) is 3.42. The van der Waals surface area contributed by atoms with Crippen LogP contribution in [0.15, 0.2) is 91.0 Å². The lowest BCUT2D eigenvalue weighted by Crippen LogP contribution is -2.14. The lowest BCUT2D eigenvalue weighted by molar-refractivity contribution is 0.661. The molecule has 0 N–H and O–H groups in total. The normalized spacial score (nSPS) is 14.8. The van der Waals surface area contributed by atoms with E-state index in [0.29, 0.717) is 0 Å². The summed E-state index contributed by atoms with van der Waals surface area (Å²) in [6.45, 7) is 4.73. The molecule has 150 valence electrons. The molecule has 0 radical (unpaired) electrons. The highest BCUT2D eigenvalue weighted by Crippen LogP contribution is 2.53. The minimum absolute atomic E-state index is 0.0182. The molecule has 0 bridgehead atoms. The number of aromatic nitrogens is 1. The summed E-state index contributed by atoms with van der Waals surface area (Å²) in [6.07, 6.45) is 0. The lowest BCUT2D eigenvalue weighted by Gasteiger charge is -2.21. The Bertz CT molecular complexity index is 1900. The Morgan fingerprint density at radius 2 is 1.25 bits per heavy atom. The van der Waals surface area contributed by atoms with E-state index in [9.17, 15) is 0 Å². The maximum Gasteiger partial charge on any atom is 0.0620 e. The van der Waals surface area contributed by atoms with Crippen molar-refractivity contribution >= 4 is 48.9 Å². The Hall–Kier alpha value is -3.84. The van der Waals surface area contributed by atoms with Crippen LogP contribution in [0.1, 0.15) is 25.0 Å². The van der Waals surface area contributed by atoms with Crippen molar-refractivity contribution < 1.29 is 0 Å². The van der Waals surface area contributed by atoms with Gasteiger partial charge in [-0.1, -0.05) is 92.7 Å². The zero-order valence-electron chi connectivity index (χ0n) is 18.1. The molecule has 7 aromatic rings. The number of hydrogen-bond acceptors (Lipinski definition) is 0. The van der Waals surface area contributed by atoms with Crippen LogP contribution in [-0.2, 0) is 5.41 Å². The van der Waals surface area contributed by atoms with Crippen LogP contribution < -0.4 is 0 Å². The van der Waals surface area contributed by atoms with Crippen LogP contribution in [0, 0.1) is 0 Å². The van der Waals surface area contributed by atoms with Crippen molar-refractivity contribution in [3.63, 3.8) is 0 Å². The number of fused-ring (bicyclic) bond motifs is 12. The number of hydrogen-bond donors (Lipinski definition) is 0. The molecule has 0 atom stereocenters. The molecule has 0 saturated heterocycles. The Kier molecular flexibility index (Phi) is 2.79. The van der Waals surface area contributed by atoms with Gasteiger partial charge in [-0.05, 0) is 45.2 Å². The van der Waals surface area contributed by atoms with Crippen molar-refractivity contribution in [2.24, 2.45) is 0 Å². The van der Waals surface area contributed by atoms with E-state index in [2.05, 4.69) is 109 Å². The van der Waals surface area contributed by atoms with Gasteiger partial charge < -0.3 is 4.40 Å². The number of nitrogens with zero attached hydrogens (tertiary/aromatic N) is 1. The molecule has 1 heteroatoms. The summed E-state index contributed by atoms with van der Waals surface area (Å²) in [7, 11) is 0. The molecule has 0 amide bonds. The SMILES string of the molecule is CC1(C)c2ccccc2-c2c1ccc1c2c2cccc3c4c5ccccc5ccc4n1c23. The van der Waals surface area contributed by atoms with E-state index in [1.165, 1.54) is 71.1 Å². The van der Waals surface area contributed by atoms with Gasteiger partial charge in [0.25, 0.3) is 0 Å². The van der Waals surface area contributed by atoms with E-state index in [0.717, 1.165) is 0 Å². The Morgan fingerprint density at radius 3 is 2.16 bits per heavy atom. The van der Waals surface area contributed by atoms with E-state index in [1.807, 2.05) is 0 Å². The monoisotopic (exact) mass is 407 g/mol. The summed E-state index contributed by atoms with van der Waals surface area (Å²) < 4.78 is 2.51. The summed E-state index contributed by atoms with van der Waals surface area (Å²) >= 11 is 0. The molecule has 0 saturated carbocycles. The molecule has 1 nitrogen and oxygen atoms in total. The van der Waals surface area contributed by atoms with Gasteiger partial charge in [0, 0.05) is 27.0 Å². The van der Waals surface area contributed by atoms with Gasteiger partial charge in [-0.25, -0.2) is 0 Å². The average molecular weight is 408 g/mol.